The van der Waals surface area contributed by atoms with Crippen molar-refractivity contribution in [1.29, 1.82) is 0 Å². The Labute approximate surface area is 158 Å². The van der Waals surface area contributed by atoms with Gasteiger partial charge in [0, 0.05) is 44.8 Å². The Balaban J connectivity index is 1.96. The molecule has 0 saturated heterocycles. The molecule has 0 aliphatic carbocycles. The maximum Gasteiger partial charge on any atom is 0.261 e. The number of hydrogen-bond acceptors (Lipinski definition) is 5. The summed E-state index contributed by atoms with van der Waals surface area (Å²) in [6, 6.07) is 4.46. The van der Waals surface area contributed by atoms with Gasteiger partial charge in [-0.3, -0.25) is 24.1 Å². The number of rotatable bonds is 9. The van der Waals surface area contributed by atoms with Crippen LogP contribution in [0.2, 0.25) is 0 Å². The summed E-state index contributed by atoms with van der Waals surface area (Å²) in [7, 11) is 1.56. The molecule has 0 bridgehead atoms. The number of amides is 4. The average Bonchev–Trinajstić information content (AvgIpc) is 2.89. The van der Waals surface area contributed by atoms with Gasteiger partial charge in [0.15, 0.2) is 0 Å². The van der Waals surface area contributed by atoms with E-state index in [1.54, 1.807) is 21.0 Å². The minimum absolute atomic E-state index is 0.0838. The summed E-state index contributed by atoms with van der Waals surface area (Å²) >= 11 is 0. The van der Waals surface area contributed by atoms with Gasteiger partial charge < -0.3 is 15.4 Å². The summed E-state index contributed by atoms with van der Waals surface area (Å²) in [5, 5.41) is 5.39. The van der Waals surface area contributed by atoms with Crippen LogP contribution in [0.25, 0.3) is 0 Å². The summed E-state index contributed by atoms with van der Waals surface area (Å²) < 4.78 is 4.95. The van der Waals surface area contributed by atoms with Crippen LogP contribution in [0.3, 0.4) is 0 Å². The number of nitrogens with zero attached hydrogens (tertiary/aromatic N) is 1. The predicted octanol–water partition coefficient (Wildman–Crippen LogP) is 0.821. The van der Waals surface area contributed by atoms with Crippen molar-refractivity contribution < 1.29 is 23.9 Å². The molecule has 0 radical (unpaired) electrons. The molecular formula is C19H25N3O5. The van der Waals surface area contributed by atoms with Gasteiger partial charge in [-0.1, -0.05) is 13.8 Å². The van der Waals surface area contributed by atoms with E-state index >= 15 is 0 Å². The Morgan fingerprint density at radius 2 is 1.74 bits per heavy atom. The van der Waals surface area contributed by atoms with Crippen LogP contribution in [0.15, 0.2) is 18.2 Å². The second-order valence-corrected chi connectivity index (χ2v) is 6.57. The predicted molar refractivity (Wildman–Crippen MR) is 98.5 cm³/mol. The van der Waals surface area contributed by atoms with Crippen molar-refractivity contribution in [3.05, 3.63) is 34.9 Å². The first-order valence-corrected chi connectivity index (χ1v) is 8.92. The second kappa shape index (κ2) is 9.27. The van der Waals surface area contributed by atoms with E-state index in [2.05, 4.69) is 10.6 Å². The van der Waals surface area contributed by atoms with E-state index < -0.39 is 5.91 Å². The third-order valence-electron chi connectivity index (χ3n) is 4.20. The molecule has 1 aromatic carbocycles. The van der Waals surface area contributed by atoms with E-state index in [0.717, 1.165) is 0 Å². The summed E-state index contributed by atoms with van der Waals surface area (Å²) in [6.07, 6.45) is 0.553. The molecule has 0 atom stereocenters. The third kappa shape index (κ3) is 4.91. The van der Waals surface area contributed by atoms with Crippen molar-refractivity contribution in [3.8, 4) is 0 Å². The van der Waals surface area contributed by atoms with Gasteiger partial charge in [-0.05, 0) is 24.6 Å². The quantitative estimate of drug-likeness (QED) is 0.491. The van der Waals surface area contributed by atoms with Crippen molar-refractivity contribution in [2.75, 3.05) is 33.4 Å². The van der Waals surface area contributed by atoms with E-state index in [1.165, 1.54) is 23.1 Å². The lowest BCUT2D eigenvalue weighted by Crippen LogP contribution is -2.36. The summed E-state index contributed by atoms with van der Waals surface area (Å²) in [5.74, 6) is -1.32. The molecule has 4 amide bonds. The molecule has 8 heteroatoms. The highest BCUT2D eigenvalue weighted by Crippen LogP contribution is 2.24. The molecule has 0 aromatic heterocycles. The van der Waals surface area contributed by atoms with Crippen LogP contribution in [0, 0.1) is 5.92 Å². The standard InChI is InChI=1S/C19H25N3O5/c1-12(2)16(23)20-7-8-21-17(24)13-5-6-14-15(11-13)19(26)22(18(14)25)9-4-10-27-3/h5-6,11-12H,4,7-10H2,1-3H3,(H,20,23)(H,21,24). The lowest BCUT2D eigenvalue weighted by molar-refractivity contribution is -0.123. The highest BCUT2D eigenvalue weighted by atomic mass is 16.5. The van der Waals surface area contributed by atoms with Gasteiger partial charge in [-0.15, -0.1) is 0 Å². The molecule has 2 rings (SSSR count). The third-order valence-corrected chi connectivity index (χ3v) is 4.20. The largest absolute Gasteiger partial charge is 0.385 e. The number of fused-ring (bicyclic) bond motifs is 1. The summed E-state index contributed by atoms with van der Waals surface area (Å²) in [5.41, 5.74) is 0.833. The fraction of sp³-hybridized carbons (Fsp3) is 0.474. The van der Waals surface area contributed by atoms with Gasteiger partial charge in [0.05, 0.1) is 11.1 Å². The van der Waals surface area contributed by atoms with Crippen LogP contribution < -0.4 is 10.6 Å². The van der Waals surface area contributed by atoms with Crippen LogP contribution in [0.1, 0.15) is 51.3 Å². The Morgan fingerprint density at radius 3 is 2.41 bits per heavy atom. The SMILES string of the molecule is COCCCN1C(=O)c2ccc(C(=O)NCCNC(=O)C(C)C)cc2C1=O. The van der Waals surface area contributed by atoms with Gasteiger partial charge in [-0.2, -0.15) is 0 Å². The molecule has 0 spiro atoms. The van der Waals surface area contributed by atoms with Gasteiger partial charge in [0.2, 0.25) is 5.91 Å². The maximum absolute atomic E-state index is 12.5. The number of methoxy groups -OCH3 is 1. The number of hydrogen-bond donors (Lipinski definition) is 2. The highest BCUT2D eigenvalue weighted by molar-refractivity contribution is 6.22. The highest BCUT2D eigenvalue weighted by Gasteiger charge is 2.35. The van der Waals surface area contributed by atoms with Crippen LogP contribution in [-0.2, 0) is 9.53 Å². The number of ether oxygens (including phenoxy) is 1. The number of nitrogens with one attached hydrogen (secondary N) is 2. The number of carbonyl (C=O) groups excluding carboxylic acids is 4. The average molecular weight is 375 g/mol. The normalized spacial score (nSPS) is 13.1. The molecular weight excluding hydrogens is 350 g/mol. The Bertz CT molecular complexity index is 745. The summed E-state index contributed by atoms with van der Waals surface area (Å²) in [4.78, 5) is 49.7. The Morgan fingerprint density at radius 1 is 1.07 bits per heavy atom. The zero-order valence-electron chi connectivity index (χ0n) is 15.8. The van der Waals surface area contributed by atoms with Crippen molar-refractivity contribution in [2.24, 2.45) is 5.92 Å². The monoisotopic (exact) mass is 375 g/mol. The second-order valence-electron chi connectivity index (χ2n) is 6.57. The van der Waals surface area contributed by atoms with Gasteiger partial charge in [-0.25, -0.2) is 0 Å². The molecule has 146 valence electrons. The molecule has 0 unspecified atom stereocenters. The first-order chi connectivity index (χ1) is 12.9. The maximum atomic E-state index is 12.5. The molecule has 8 nitrogen and oxygen atoms in total. The van der Waals surface area contributed by atoms with E-state index in [1.807, 2.05) is 0 Å². The Hall–Kier alpha value is -2.74. The fourth-order valence-corrected chi connectivity index (χ4v) is 2.67. The van der Waals surface area contributed by atoms with Gasteiger partial charge in [0.1, 0.15) is 0 Å². The minimum Gasteiger partial charge on any atom is -0.385 e. The Kier molecular flexibility index (Phi) is 7.06. The molecule has 1 aliphatic heterocycles. The molecule has 1 heterocycles. The smallest absolute Gasteiger partial charge is 0.261 e. The van der Waals surface area contributed by atoms with E-state index in [4.69, 9.17) is 4.74 Å². The molecule has 27 heavy (non-hydrogen) atoms. The summed E-state index contributed by atoms with van der Waals surface area (Å²) in [6.45, 7) is 4.89. The van der Waals surface area contributed by atoms with Crippen molar-refractivity contribution in [1.82, 2.24) is 15.5 Å². The molecule has 1 aromatic rings. The number of benzene rings is 1. The number of imide groups is 1. The first kappa shape index (κ1) is 20.6. The lowest BCUT2D eigenvalue weighted by Gasteiger charge is -2.12. The van der Waals surface area contributed by atoms with Crippen molar-refractivity contribution in [2.45, 2.75) is 20.3 Å². The molecule has 1 aliphatic rings. The van der Waals surface area contributed by atoms with Crippen LogP contribution >= 0.6 is 0 Å². The molecule has 0 saturated carbocycles. The lowest BCUT2D eigenvalue weighted by atomic mass is 10.1. The topological polar surface area (TPSA) is 105 Å². The first-order valence-electron chi connectivity index (χ1n) is 8.92. The van der Waals surface area contributed by atoms with Gasteiger partial charge in [0.25, 0.3) is 17.7 Å². The number of carbonyl (C=O) groups is 4. The minimum atomic E-state index is -0.398. The van der Waals surface area contributed by atoms with E-state index in [-0.39, 0.29) is 42.3 Å². The van der Waals surface area contributed by atoms with Crippen LogP contribution in [0.4, 0.5) is 0 Å². The van der Waals surface area contributed by atoms with Gasteiger partial charge >= 0.3 is 0 Å². The van der Waals surface area contributed by atoms with E-state index in [9.17, 15) is 19.2 Å². The van der Waals surface area contributed by atoms with Crippen LogP contribution in [-0.4, -0.2) is 61.9 Å². The van der Waals surface area contributed by atoms with E-state index in [0.29, 0.717) is 30.7 Å². The zero-order chi connectivity index (χ0) is 20.0. The molecule has 2 N–H and O–H groups in total. The van der Waals surface area contributed by atoms with Crippen LogP contribution in [0.5, 0.6) is 0 Å². The van der Waals surface area contributed by atoms with Crippen molar-refractivity contribution >= 4 is 23.6 Å². The van der Waals surface area contributed by atoms with Crippen molar-refractivity contribution in [3.63, 3.8) is 0 Å². The zero-order valence-corrected chi connectivity index (χ0v) is 15.8. The molecule has 0 fully saturated rings. The fourth-order valence-electron chi connectivity index (χ4n) is 2.67.